The van der Waals surface area contributed by atoms with Crippen LogP contribution in [0.1, 0.15) is 19.3 Å². The Balaban J connectivity index is 1.97. The van der Waals surface area contributed by atoms with Gasteiger partial charge in [0, 0.05) is 20.1 Å². The molecule has 1 N–H and O–H groups in total. The first-order valence-electron chi connectivity index (χ1n) is 6.59. The first kappa shape index (κ1) is 12.0. The normalized spacial score (nSPS) is 15.5. The minimum Gasteiger partial charge on any atom is -0.461 e. The number of rotatable bonds is 3. The van der Waals surface area contributed by atoms with Gasteiger partial charge in [-0.25, -0.2) is 0 Å². The van der Waals surface area contributed by atoms with Crippen LogP contribution >= 0.6 is 0 Å². The molecule has 3 rings (SSSR count). The maximum atomic E-state index is 5.36. The van der Waals surface area contributed by atoms with Crippen molar-refractivity contribution >= 4 is 11.9 Å². The molecule has 100 valence electrons. The topological polar surface area (TPSA) is 67.1 Å². The lowest BCUT2D eigenvalue weighted by molar-refractivity contribution is 0.563. The molecule has 1 aliphatic rings. The van der Waals surface area contributed by atoms with Crippen LogP contribution in [0.15, 0.2) is 22.8 Å². The summed E-state index contributed by atoms with van der Waals surface area (Å²) in [6.07, 6.45) is 5.29. The quantitative estimate of drug-likeness (QED) is 0.911. The van der Waals surface area contributed by atoms with Crippen molar-refractivity contribution in [1.29, 1.82) is 0 Å². The van der Waals surface area contributed by atoms with Gasteiger partial charge in [-0.3, -0.25) is 0 Å². The Morgan fingerprint density at radius 1 is 1.16 bits per heavy atom. The molecule has 0 bridgehead atoms. The fourth-order valence-corrected chi connectivity index (χ4v) is 2.23. The fourth-order valence-electron chi connectivity index (χ4n) is 2.23. The van der Waals surface area contributed by atoms with Crippen molar-refractivity contribution in [2.24, 2.45) is 0 Å². The second kappa shape index (κ2) is 5.26. The highest BCUT2D eigenvalue weighted by molar-refractivity contribution is 5.52. The van der Waals surface area contributed by atoms with Crippen molar-refractivity contribution in [3.8, 4) is 11.6 Å². The van der Waals surface area contributed by atoms with Crippen LogP contribution in [0.3, 0.4) is 0 Å². The van der Waals surface area contributed by atoms with Gasteiger partial charge >= 0.3 is 0 Å². The predicted octanol–water partition coefficient (Wildman–Crippen LogP) is 2.16. The Hall–Kier alpha value is -2.11. The standard InChI is InChI=1S/C13H17N5O/c1-14-12-15-11(10-6-5-9-19-10)16-13(17-12)18-7-3-2-4-8-18/h5-6,9H,2-4,7-8H2,1H3,(H,14,15,16,17). The maximum Gasteiger partial charge on any atom is 0.230 e. The third-order valence-corrected chi connectivity index (χ3v) is 3.23. The molecule has 0 saturated carbocycles. The summed E-state index contributed by atoms with van der Waals surface area (Å²) < 4.78 is 5.36. The Morgan fingerprint density at radius 3 is 2.68 bits per heavy atom. The molecule has 1 aliphatic heterocycles. The summed E-state index contributed by atoms with van der Waals surface area (Å²) >= 11 is 0. The van der Waals surface area contributed by atoms with Crippen molar-refractivity contribution in [2.75, 3.05) is 30.4 Å². The monoisotopic (exact) mass is 259 g/mol. The molecule has 0 radical (unpaired) electrons. The van der Waals surface area contributed by atoms with Crippen molar-refractivity contribution < 1.29 is 4.42 Å². The third-order valence-electron chi connectivity index (χ3n) is 3.23. The van der Waals surface area contributed by atoms with E-state index in [4.69, 9.17) is 4.42 Å². The number of nitrogens with one attached hydrogen (secondary N) is 1. The van der Waals surface area contributed by atoms with Gasteiger partial charge in [0.15, 0.2) is 5.76 Å². The van der Waals surface area contributed by atoms with Crippen LogP contribution in [0.25, 0.3) is 11.6 Å². The van der Waals surface area contributed by atoms with E-state index < -0.39 is 0 Å². The molecule has 0 unspecified atom stereocenters. The second-order valence-electron chi connectivity index (χ2n) is 4.56. The van der Waals surface area contributed by atoms with E-state index in [-0.39, 0.29) is 0 Å². The molecule has 0 atom stereocenters. The molecule has 19 heavy (non-hydrogen) atoms. The van der Waals surface area contributed by atoms with Crippen LogP contribution in [0.5, 0.6) is 0 Å². The number of nitrogens with zero attached hydrogens (tertiary/aromatic N) is 4. The zero-order valence-electron chi connectivity index (χ0n) is 11.0. The highest BCUT2D eigenvalue weighted by Gasteiger charge is 2.17. The van der Waals surface area contributed by atoms with Gasteiger partial charge in [-0.2, -0.15) is 15.0 Å². The van der Waals surface area contributed by atoms with Crippen LogP contribution in [-0.4, -0.2) is 35.1 Å². The van der Waals surface area contributed by atoms with Gasteiger partial charge in [-0.1, -0.05) is 0 Å². The van der Waals surface area contributed by atoms with Crippen LogP contribution in [0, 0.1) is 0 Å². The molecule has 0 spiro atoms. The van der Waals surface area contributed by atoms with E-state index >= 15 is 0 Å². The van der Waals surface area contributed by atoms with Gasteiger partial charge < -0.3 is 14.6 Å². The summed E-state index contributed by atoms with van der Waals surface area (Å²) in [6, 6.07) is 3.69. The van der Waals surface area contributed by atoms with E-state index in [2.05, 4.69) is 25.2 Å². The summed E-state index contributed by atoms with van der Waals surface area (Å²) in [6.45, 7) is 2.01. The third kappa shape index (κ3) is 2.52. The Labute approximate surface area is 111 Å². The molecule has 2 aromatic heterocycles. The van der Waals surface area contributed by atoms with Crippen LogP contribution in [0.4, 0.5) is 11.9 Å². The highest BCUT2D eigenvalue weighted by atomic mass is 16.3. The van der Waals surface area contributed by atoms with Crippen LogP contribution in [-0.2, 0) is 0 Å². The molecule has 0 aromatic carbocycles. The number of aromatic nitrogens is 3. The SMILES string of the molecule is CNc1nc(-c2ccco2)nc(N2CCCCC2)n1. The Morgan fingerprint density at radius 2 is 2.00 bits per heavy atom. The summed E-state index contributed by atoms with van der Waals surface area (Å²) in [4.78, 5) is 15.5. The first-order valence-corrected chi connectivity index (χ1v) is 6.59. The van der Waals surface area contributed by atoms with E-state index in [1.807, 2.05) is 12.1 Å². The van der Waals surface area contributed by atoms with Crippen molar-refractivity contribution in [1.82, 2.24) is 15.0 Å². The Bertz CT molecular complexity index is 534. The van der Waals surface area contributed by atoms with Crippen molar-refractivity contribution in [3.63, 3.8) is 0 Å². The lowest BCUT2D eigenvalue weighted by Gasteiger charge is -2.26. The number of hydrogen-bond donors (Lipinski definition) is 1. The highest BCUT2D eigenvalue weighted by Crippen LogP contribution is 2.21. The lowest BCUT2D eigenvalue weighted by atomic mass is 10.1. The molecular weight excluding hydrogens is 242 g/mol. The Kier molecular flexibility index (Phi) is 3.31. The smallest absolute Gasteiger partial charge is 0.230 e. The largest absolute Gasteiger partial charge is 0.461 e. The minimum atomic E-state index is 0.571. The van der Waals surface area contributed by atoms with Gasteiger partial charge in [0.25, 0.3) is 0 Å². The average molecular weight is 259 g/mol. The molecule has 1 fully saturated rings. The maximum absolute atomic E-state index is 5.36. The number of anilines is 2. The zero-order chi connectivity index (χ0) is 13.1. The molecule has 6 heteroatoms. The molecule has 1 saturated heterocycles. The lowest BCUT2D eigenvalue weighted by Crippen LogP contribution is -2.31. The minimum absolute atomic E-state index is 0.571. The molecular formula is C13H17N5O. The van der Waals surface area contributed by atoms with Gasteiger partial charge in [0.1, 0.15) is 0 Å². The number of furan rings is 1. The van der Waals surface area contributed by atoms with E-state index in [1.54, 1.807) is 13.3 Å². The summed E-state index contributed by atoms with van der Waals surface area (Å²) in [7, 11) is 1.81. The summed E-state index contributed by atoms with van der Waals surface area (Å²) in [5.41, 5.74) is 0. The van der Waals surface area contributed by atoms with Gasteiger partial charge in [0.2, 0.25) is 17.7 Å². The van der Waals surface area contributed by atoms with Crippen LogP contribution < -0.4 is 10.2 Å². The van der Waals surface area contributed by atoms with E-state index in [0.29, 0.717) is 17.5 Å². The summed E-state index contributed by atoms with van der Waals surface area (Å²) in [5, 5.41) is 2.98. The van der Waals surface area contributed by atoms with E-state index in [9.17, 15) is 0 Å². The van der Waals surface area contributed by atoms with E-state index in [1.165, 1.54) is 19.3 Å². The van der Waals surface area contributed by atoms with Gasteiger partial charge in [0.05, 0.1) is 6.26 Å². The van der Waals surface area contributed by atoms with Gasteiger partial charge in [-0.15, -0.1) is 0 Å². The van der Waals surface area contributed by atoms with Crippen molar-refractivity contribution in [3.05, 3.63) is 18.4 Å². The van der Waals surface area contributed by atoms with Crippen molar-refractivity contribution in [2.45, 2.75) is 19.3 Å². The number of hydrogen-bond acceptors (Lipinski definition) is 6. The fraction of sp³-hybridized carbons (Fsp3) is 0.462. The molecule has 0 amide bonds. The summed E-state index contributed by atoms with van der Waals surface area (Å²) in [5.74, 6) is 2.54. The first-order chi connectivity index (χ1) is 9.36. The average Bonchev–Trinajstić information content (AvgIpc) is 3.02. The van der Waals surface area contributed by atoms with Crippen LogP contribution in [0.2, 0.25) is 0 Å². The van der Waals surface area contributed by atoms with Gasteiger partial charge in [-0.05, 0) is 31.4 Å². The molecule has 2 aromatic rings. The zero-order valence-corrected chi connectivity index (χ0v) is 11.0. The number of piperidine rings is 1. The second-order valence-corrected chi connectivity index (χ2v) is 4.56. The molecule has 3 heterocycles. The van der Waals surface area contributed by atoms with E-state index in [0.717, 1.165) is 19.0 Å². The molecule has 6 nitrogen and oxygen atoms in total. The molecule has 0 aliphatic carbocycles. The predicted molar refractivity (Wildman–Crippen MR) is 73.1 cm³/mol.